The van der Waals surface area contributed by atoms with Gasteiger partial charge in [-0.1, -0.05) is 19.1 Å². The normalized spacial score (nSPS) is 13.0. The van der Waals surface area contributed by atoms with E-state index in [9.17, 15) is 18.0 Å². The van der Waals surface area contributed by atoms with E-state index in [1.165, 1.54) is 0 Å². The maximum absolute atomic E-state index is 12.2. The average Bonchev–Trinajstić information content (AvgIpc) is 2.51. The Balaban J connectivity index is 2.71. The Kier molecular flexibility index (Phi) is 8.23. The minimum Gasteiger partial charge on any atom is -0.481 e. The molecule has 0 bridgehead atoms. The van der Waals surface area contributed by atoms with Crippen molar-refractivity contribution in [3.63, 3.8) is 0 Å². The molecule has 1 atom stereocenters. The second-order valence-electron chi connectivity index (χ2n) is 7.24. The van der Waals surface area contributed by atoms with Crippen molar-refractivity contribution in [2.24, 2.45) is 0 Å². The van der Waals surface area contributed by atoms with Crippen LogP contribution in [0.2, 0.25) is 0 Å². The second kappa shape index (κ2) is 9.70. The molecule has 8 nitrogen and oxygen atoms in total. The summed E-state index contributed by atoms with van der Waals surface area (Å²) in [6.07, 6.45) is 0.928. The number of carbonyl (C=O) groups excluding carboxylic acids is 1. The lowest BCUT2D eigenvalue weighted by molar-refractivity contribution is -0.137. The predicted molar refractivity (Wildman–Crippen MR) is 105 cm³/mol. The molecule has 4 N–H and O–H groups in total. The van der Waals surface area contributed by atoms with Gasteiger partial charge in [-0.3, -0.25) is 4.79 Å². The summed E-state index contributed by atoms with van der Waals surface area (Å²) in [5, 5.41) is 14.1. The van der Waals surface area contributed by atoms with Crippen molar-refractivity contribution in [1.82, 2.24) is 10.0 Å². The number of sulfonamides is 1. The predicted octanol–water partition coefficient (Wildman–Crippen LogP) is 2.67. The van der Waals surface area contributed by atoms with E-state index in [4.69, 9.17) is 5.11 Å². The third-order valence-corrected chi connectivity index (χ3v) is 5.43. The van der Waals surface area contributed by atoms with E-state index in [0.717, 1.165) is 0 Å². The number of hydrogen-bond acceptors (Lipinski definition) is 4. The third-order valence-electron chi connectivity index (χ3n) is 3.95. The van der Waals surface area contributed by atoms with Gasteiger partial charge in [0.25, 0.3) is 0 Å². The van der Waals surface area contributed by atoms with Gasteiger partial charge in [0, 0.05) is 23.7 Å². The zero-order valence-electron chi connectivity index (χ0n) is 16.2. The van der Waals surface area contributed by atoms with Gasteiger partial charge >= 0.3 is 12.0 Å². The molecule has 0 fully saturated rings. The molecule has 0 aliphatic carbocycles. The van der Waals surface area contributed by atoms with E-state index in [-0.39, 0.29) is 24.6 Å². The van der Waals surface area contributed by atoms with Gasteiger partial charge in [-0.2, -0.15) is 0 Å². The summed E-state index contributed by atoms with van der Waals surface area (Å²) in [6.45, 7) is 7.17. The average molecular weight is 400 g/mol. The van der Waals surface area contributed by atoms with Crippen LogP contribution in [-0.2, 0) is 20.6 Å². The summed E-state index contributed by atoms with van der Waals surface area (Å²) in [6, 6.07) is 5.97. The van der Waals surface area contributed by atoms with Crippen molar-refractivity contribution in [3.8, 4) is 0 Å². The summed E-state index contributed by atoms with van der Waals surface area (Å²) in [5.74, 6) is -1.11. The molecule has 152 valence electrons. The number of benzene rings is 1. The molecule has 0 aliphatic heterocycles. The van der Waals surface area contributed by atoms with Crippen LogP contribution >= 0.6 is 0 Å². The van der Waals surface area contributed by atoms with E-state index >= 15 is 0 Å². The number of nitrogens with one attached hydrogen (secondary N) is 3. The highest BCUT2D eigenvalue weighted by Gasteiger charge is 2.21. The summed E-state index contributed by atoms with van der Waals surface area (Å²) < 4.78 is 26.9. The SMILES string of the molecule is CCC(C)NS(=O)(=O)Cc1cccc(NC(=O)NC(C)(C)CCC(=O)O)c1. The van der Waals surface area contributed by atoms with Gasteiger partial charge in [-0.05, 0) is 51.3 Å². The van der Waals surface area contributed by atoms with Crippen LogP contribution in [0.1, 0.15) is 52.5 Å². The first-order valence-electron chi connectivity index (χ1n) is 8.82. The highest BCUT2D eigenvalue weighted by molar-refractivity contribution is 7.88. The lowest BCUT2D eigenvalue weighted by Gasteiger charge is -2.25. The van der Waals surface area contributed by atoms with Gasteiger partial charge in [0.2, 0.25) is 10.0 Å². The molecule has 27 heavy (non-hydrogen) atoms. The molecule has 1 rings (SSSR count). The van der Waals surface area contributed by atoms with Crippen LogP contribution in [0.25, 0.3) is 0 Å². The minimum atomic E-state index is -3.47. The molecular formula is C18H29N3O5S. The standard InChI is InChI=1S/C18H29N3O5S/c1-5-13(2)21-27(25,26)12-14-7-6-8-15(11-14)19-17(24)20-18(3,4)10-9-16(22)23/h6-8,11,13,21H,5,9-10,12H2,1-4H3,(H,22,23)(H2,19,20,24). The number of carboxylic acid groups (broad SMARTS) is 1. The summed E-state index contributed by atoms with van der Waals surface area (Å²) in [4.78, 5) is 22.8. The first-order valence-corrected chi connectivity index (χ1v) is 10.5. The molecule has 0 heterocycles. The topological polar surface area (TPSA) is 125 Å². The fraction of sp³-hybridized carbons (Fsp3) is 0.556. The second-order valence-corrected chi connectivity index (χ2v) is 9.00. The van der Waals surface area contributed by atoms with Crippen LogP contribution in [-0.4, -0.2) is 37.1 Å². The van der Waals surface area contributed by atoms with Crippen molar-refractivity contribution in [2.45, 2.75) is 64.3 Å². The van der Waals surface area contributed by atoms with Gasteiger partial charge in [-0.25, -0.2) is 17.9 Å². The zero-order chi connectivity index (χ0) is 20.7. The molecule has 0 aromatic heterocycles. The maximum Gasteiger partial charge on any atom is 0.319 e. The molecule has 0 saturated heterocycles. The van der Waals surface area contributed by atoms with Gasteiger partial charge in [0.1, 0.15) is 0 Å². The number of rotatable bonds is 10. The molecule has 0 saturated carbocycles. The molecule has 1 unspecified atom stereocenters. The van der Waals surface area contributed by atoms with Crippen LogP contribution < -0.4 is 15.4 Å². The smallest absolute Gasteiger partial charge is 0.319 e. The van der Waals surface area contributed by atoms with Crippen molar-refractivity contribution >= 4 is 27.7 Å². The van der Waals surface area contributed by atoms with Crippen LogP contribution in [0.5, 0.6) is 0 Å². The van der Waals surface area contributed by atoms with E-state index in [2.05, 4.69) is 15.4 Å². The maximum atomic E-state index is 12.2. The first kappa shape index (κ1) is 22.9. The van der Waals surface area contributed by atoms with Gasteiger partial charge in [0.15, 0.2) is 0 Å². The highest BCUT2D eigenvalue weighted by atomic mass is 32.2. The summed E-state index contributed by atoms with van der Waals surface area (Å²) in [7, 11) is -3.47. The van der Waals surface area contributed by atoms with Crippen molar-refractivity contribution in [1.29, 1.82) is 0 Å². The molecular weight excluding hydrogens is 370 g/mol. The molecule has 1 aromatic rings. The molecule has 9 heteroatoms. The van der Waals surface area contributed by atoms with Crippen LogP contribution in [0.15, 0.2) is 24.3 Å². The van der Waals surface area contributed by atoms with Gasteiger partial charge in [-0.15, -0.1) is 0 Å². The fourth-order valence-corrected chi connectivity index (χ4v) is 3.82. The Morgan fingerprint density at radius 3 is 2.52 bits per heavy atom. The van der Waals surface area contributed by atoms with Crippen molar-refractivity contribution < 1.29 is 23.1 Å². The first-order chi connectivity index (χ1) is 12.4. The largest absolute Gasteiger partial charge is 0.481 e. The number of aliphatic carboxylic acids is 1. The Hall–Kier alpha value is -2.13. The molecule has 0 aliphatic rings. The summed E-state index contributed by atoms with van der Waals surface area (Å²) >= 11 is 0. The van der Waals surface area contributed by atoms with Crippen LogP contribution in [0, 0.1) is 0 Å². The Labute approximate surface area is 160 Å². The molecule has 0 radical (unpaired) electrons. The lowest BCUT2D eigenvalue weighted by atomic mass is 9.99. The number of amides is 2. The minimum absolute atomic E-state index is 0.0518. The number of hydrogen-bond donors (Lipinski definition) is 4. The monoisotopic (exact) mass is 399 g/mol. The zero-order valence-corrected chi connectivity index (χ0v) is 17.0. The van der Waals surface area contributed by atoms with E-state index in [1.54, 1.807) is 45.0 Å². The van der Waals surface area contributed by atoms with E-state index in [1.807, 2.05) is 6.92 Å². The lowest BCUT2D eigenvalue weighted by Crippen LogP contribution is -2.45. The molecule has 1 aromatic carbocycles. The summed E-state index contributed by atoms with van der Waals surface area (Å²) in [5.41, 5.74) is 0.315. The number of carboxylic acids is 1. The Bertz CT molecular complexity index is 762. The molecule has 2 amide bonds. The van der Waals surface area contributed by atoms with E-state index in [0.29, 0.717) is 17.7 Å². The van der Waals surface area contributed by atoms with E-state index < -0.39 is 27.6 Å². The highest BCUT2D eigenvalue weighted by Crippen LogP contribution is 2.15. The number of carbonyl (C=O) groups is 2. The van der Waals surface area contributed by atoms with Gasteiger partial charge in [0.05, 0.1) is 5.75 Å². The number of anilines is 1. The van der Waals surface area contributed by atoms with Crippen molar-refractivity contribution in [2.75, 3.05) is 5.32 Å². The third kappa shape index (κ3) is 9.39. The fourth-order valence-electron chi connectivity index (χ4n) is 2.34. The molecule has 0 spiro atoms. The van der Waals surface area contributed by atoms with Crippen molar-refractivity contribution in [3.05, 3.63) is 29.8 Å². The Morgan fingerprint density at radius 2 is 1.93 bits per heavy atom. The van der Waals surface area contributed by atoms with Crippen LogP contribution in [0.3, 0.4) is 0 Å². The number of urea groups is 1. The quantitative estimate of drug-likeness (QED) is 0.481. The Morgan fingerprint density at radius 1 is 1.26 bits per heavy atom. The van der Waals surface area contributed by atoms with Crippen LogP contribution in [0.4, 0.5) is 10.5 Å². The van der Waals surface area contributed by atoms with Gasteiger partial charge < -0.3 is 15.7 Å².